The minimum Gasteiger partial charge on any atom is -0.314 e. The van der Waals surface area contributed by atoms with E-state index < -0.39 is 6.17 Å². The monoisotopic (exact) mass is 398 g/mol. The van der Waals surface area contributed by atoms with E-state index in [0.29, 0.717) is 29.3 Å². The van der Waals surface area contributed by atoms with E-state index in [1.54, 1.807) is 10.7 Å². The Morgan fingerprint density at radius 1 is 1.21 bits per heavy atom. The van der Waals surface area contributed by atoms with Crippen LogP contribution in [0.25, 0.3) is 22.0 Å². The van der Waals surface area contributed by atoms with Gasteiger partial charge in [0.05, 0.1) is 17.6 Å². The van der Waals surface area contributed by atoms with Crippen LogP contribution in [0.4, 0.5) is 4.39 Å². The zero-order valence-electron chi connectivity index (χ0n) is 15.5. The van der Waals surface area contributed by atoms with Crippen molar-refractivity contribution in [2.24, 2.45) is 0 Å². The Balaban J connectivity index is 1.62. The zero-order valence-corrected chi connectivity index (χ0v) is 16.3. The summed E-state index contributed by atoms with van der Waals surface area (Å²) in [6.45, 7) is 5.00. The zero-order chi connectivity index (χ0) is 19.4. The van der Waals surface area contributed by atoms with Gasteiger partial charge in [0, 0.05) is 29.6 Å². The molecule has 0 bridgehead atoms. The molecular weight excluding hydrogens is 379 g/mol. The molecule has 0 radical (unpaired) electrons. The fraction of sp³-hybridized carbons (Fsp3) is 0.368. The summed E-state index contributed by atoms with van der Waals surface area (Å²) in [5.74, 6) is -0.193. The van der Waals surface area contributed by atoms with E-state index >= 15 is 0 Å². The summed E-state index contributed by atoms with van der Waals surface area (Å²) in [4.78, 5) is 23.2. The summed E-state index contributed by atoms with van der Waals surface area (Å²) in [7, 11) is 0. The molecule has 4 aromatic rings. The third kappa shape index (κ3) is 2.82. The van der Waals surface area contributed by atoms with E-state index in [2.05, 4.69) is 20.4 Å². The predicted molar refractivity (Wildman–Crippen MR) is 106 cm³/mol. The maximum atomic E-state index is 14.3. The van der Waals surface area contributed by atoms with Crippen molar-refractivity contribution in [1.29, 1.82) is 0 Å². The molecule has 1 saturated heterocycles. The van der Waals surface area contributed by atoms with Crippen LogP contribution in [-0.2, 0) is 0 Å². The molecule has 4 aromatic heterocycles. The normalized spacial score (nSPS) is 20.2. The molecule has 2 atom stereocenters. The molecule has 5 heterocycles. The molecule has 2 unspecified atom stereocenters. The van der Waals surface area contributed by atoms with Crippen LogP contribution in [0.15, 0.2) is 29.3 Å². The molecule has 0 aliphatic carbocycles. The van der Waals surface area contributed by atoms with Crippen molar-refractivity contribution >= 4 is 21.9 Å². The van der Waals surface area contributed by atoms with Gasteiger partial charge in [-0.1, -0.05) is 0 Å². The van der Waals surface area contributed by atoms with E-state index in [-0.39, 0.29) is 11.5 Å². The number of nitrogens with one attached hydrogen (secondary N) is 1. The van der Waals surface area contributed by atoms with Gasteiger partial charge in [0.25, 0.3) is 5.56 Å². The Morgan fingerprint density at radius 2 is 2.07 bits per heavy atom. The molecule has 7 nitrogen and oxygen atoms in total. The Kier molecular flexibility index (Phi) is 4.02. The van der Waals surface area contributed by atoms with Crippen LogP contribution in [-0.4, -0.2) is 43.2 Å². The van der Waals surface area contributed by atoms with Gasteiger partial charge in [-0.25, -0.2) is 18.9 Å². The number of nitrogens with zero attached hydrogens (tertiary/aromatic N) is 5. The van der Waals surface area contributed by atoms with Crippen LogP contribution in [0.5, 0.6) is 0 Å². The summed E-state index contributed by atoms with van der Waals surface area (Å²) in [6.07, 6.45) is 3.35. The molecule has 0 spiro atoms. The maximum absolute atomic E-state index is 14.3. The molecule has 5 rings (SSSR count). The third-order valence-electron chi connectivity index (χ3n) is 5.15. The topological polar surface area (TPSA) is 76.6 Å². The van der Waals surface area contributed by atoms with Gasteiger partial charge in [-0.2, -0.15) is 5.10 Å². The van der Waals surface area contributed by atoms with Crippen LogP contribution in [0, 0.1) is 13.8 Å². The second kappa shape index (κ2) is 6.46. The largest absolute Gasteiger partial charge is 0.314 e. The fourth-order valence-electron chi connectivity index (χ4n) is 3.73. The second-order valence-electron chi connectivity index (χ2n) is 7.24. The highest BCUT2D eigenvalue weighted by Gasteiger charge is 2.28. The second-order valence-corrected chi connectivity index (χ2v) is 8.28. The molecule has 1 aliphatic heterocycles. The Morgan fingerprint density at radius 3 is 2.89 bits per heavy atom. The summed E-state index contributed by atoms with van der Waals surface area (Å²) in [5.41, 5.74) is 3.56. The molecule has 1 N–H and O–H groups in total. The smallest absolute Gasteiger partial charge is 0.259 e. The van der Waals surface area contributed by atoms with Crippen molar-refractivity contribution in [3.8, 4) is 11.4 Å². The van der Waals surface area contributed by atoms with Gasteiger partial charge in [0.2, 0.25) is 0 Å². The third-order valence-corrected chi connectivity index (χ3v) is 6.27. The summed E-state index contributed by atoms with van der Waals surface area (Å²) >= 11 is 1.38. The minimum atomic E-state index is -0.951. The summed E-state index contributed by atoms with van der Waals surface area (Å²) in [5, 5.41) is 7.62. The average molecular weight is 398 g/mol. The number of aryl methyl sites for hydroxylation is 2. The van der Waals surface area contributed by atoms with Crippen molar-refractivity contribution in [3.63, 3.8) is 0 Å². The van der Waals surface area contributed by atoms with Crippen molar-refractivity contribution in [3.05, 3.63) is 51.0 Å². The van der Waals surface area contributed by atoms with Crippen LogP contribution in [0.3, 0.4) is 0 Å². The highest BCUT2D eigenvalue weighted by Crippen LogP contribution is 2.32. The molecule has 1 aliphatic rings. The number of aromatic nitrogens is 5. The number of rotatable bonds is 2. The van der Waals surface area contributed by atoms with Gasteiger partial charge in [-0.3, -0.25) is 9.20 Å². The molecule has 1 fully saturated rings. The van der Waals surface area contributed by atoms with Crippen molar-refractivity contribution in [1.82, 2.24) is 29.3 Å². The molecule has 28 heavy (non-hydrogen) atoms. The van der Waals surface area contributed by atoms with Gasteiger partial charge in [-0.05, 0) is 38.4 Å². The van der Waals surface area contributed by atoms with E-state index in [1.165, 1.54) is 21.8 Å². The lowest BCUT2D eigenvalue weighted by Gasteiger charge is -2.25. The van der Waals surface area contributed by atoms with Crippen molar-refractivity contribution < 1.29 is 4.39 Å². The number of hydrogen-bond acceptors (Lipinski definition) is 6. The van der Waals surface area contributed by atoms with E-state index in [0.717, 1.165) is 28.3 Å². The quantitative estimate of drug-likeness (QED) is 0.561. The Hall–Kier alpha value is -2.65. The Bertz CT molecular complexity index is 1260. The first-order chi connectivity index (χ1) is 13.5. The molecule has 0 amide bonds. The number of alkyl halides is 1. The predicted octanol–water partition coefficient (Wildman–Crippen LogP) is 2.50. The fourth-order valence-corrected chi connectivity index (χ4v) is 4.90. The molecule has 144 valence electrons. The number of fused-ring (bicyclic) bond motifs is 2. The van der Waals surface area contributed by atoms with Gasteiger partial charge >= 0.3 is 0 Å². The van der Waals surface area contributed by atoms with Crippen LogP contribution in [0.2, 0.25) is 0 Å². The highest BCUT2D eigenvalue weighted by atomic mass is 32.1. The van der Waals surface area contributed by atoms with Crippen molar-refractivity contribution in [2.75, 3.05) is 13.1 Å². The van der Waals surface area contributed by atoms with Crippen LogP contribution in [0.1, 0.15) is 28.5 Å². The number of hydrogen-bond donors (Lipinski definition) is 1. The van der Waals surface area contributed by atoms with Crippen LogP contribution >= 0.6 is 11.3 Å². The number of imidazole rings is 1. The summed E-state index contributed by atoms with van der Waals surface area (Å²) < 4.78 is 17.5. The van der Waals surface area contributed by atoms with Gasteiger partial charge in [0.1, 0.15) is 11.9 Å². The van der Waals surface area contributed by atoms with Gasteiger partial charge < -0.3 is 5.32 Å². The average Bonchev–Trinajstić information content (AvgIpc) is 3.25. The first kappa shape index (κ1) is 17.4. The minimum absolute atomic E-state index is 0.187. The highest BCUT2D eigenvalue weighted by molar-refractivity contribution is 7.17. The van der Waals surface area contributed by atoms with Gasteiger partial charge in [0.15, 0.2) is 10.6 Å². The first-order valence-corrected chi connectivity index (χ1v) is 10.0. The lowest BCUT2D eigenvalue weighted by atomic mass is 9.95. The number of thiazole rings is 1. The maximum Gasteiger partial charge on any atom is 0.259 e. The lowest BCUT2D eigenvalue weighted by molar-refractivity contribution is 0.233. The van der Waals surface area contributed by atoms with E-state index in [9.17, 15) is 9.18 Å². The molecule has 9 heteroatoms. The number of piperidine rings is 1. The van der Waals surface area contributed by atoms with E-state index in [1.807, 2.05) is 26.1 Å². The first-order valence-electron chi connectivity index (χ1n) is 9.21. The molecule has 0 saturated carbocycles. The van der Waals surface area contributed by atoms with Gasteiger partial charge in [-0.15, -0.1) is 11.3 Å². The molecule has 0 aromatic carbocycles. The SMILES string of the molecule is Cc1cn2nc(-c3cc(=O)n4cc(C5CCNCC5F)sc4n3)cc(C)c2n1. The molecular formula is C19H19FN6OS. The van der Waals surface area contributed by atoms with Crippen LogP contribution < -0.4 is 10.9 Å². The van der Waals surface area contributed by atoms with E-state index in [4.69, 9.17) is 0 Å². The standard InChI is InChI=1S/C19H19FN6OS/c1-10-5-15(24-26-8-11(2)22-18(10)26)14-6-17(27)25-9-16(28-19(25)23-14)12-3-4-21-7-13(12)20/h5-6,8-9,12-13,21H,3-4,7H2,1-2H3. The number of halogens is 1. The lowest BCUT2D eigenvalue weighted by Crippen LogP contribution is -2.36. The summed E-state index contributed by atoms with van der Waals surface area (Å²) in [6, 6.07) is 3.37. The Labute approximate surface area is 163 Å². The van der Waals surface area contributed by atoms with Crippen molar-refractivity contribution in [2.45, 2.75) is 32.4 Å².